The summed E-state index contributed by atoms with van der Waals surface area (Å²) in [7, 11) is 0. The Balaban J connectivity index is 3.71. The first-order valence-electron chi connectivity index (χ1n) is 4.33. The van der Waals surface area contributed by atoms with Crippen LogP contribution in [-0.4, -0.2) is 10.2 Å². The van der Waals surface area contributed by atoms with Crippen LogP contribution in [-0.2, 0) is 12.1 Å². The fourth-order valence-corrected chi connectivity index (χ4v) is 1.72. The van der Waals surface area contributed by atoms with E-state index in [0.29, 0.717) is 6.20 Å². The van der Waals surface area contributed by atoms with Crippen molar-refractivity contribution in [2.24, 2.45) is 0 Å². The van der Waals surface area contributed by atoms with Crippen LogP contribution < -0.4 is 0 Å². The van der Waals surface area contributed by atoms with Gasteiger partial charge in [-0.05, 0) is 11.6 Å². The molecule has 100 valence electrons. The highest BCUT2D eigenvalue weighted by Crippen LogP contribution is 2.40. The Hall–Kier alpha value is -0.950. The van der Waals surface area contributed by atoms with Crippen LogP contribution in [0.15, 0.2) is 6.20 Å². The van der Waals surface area contributed by atoms with Crippen molar-refractivity contribution in [3.63, 3.8) is 0 Å². The van der Waals surface area contributed by atoms with Crippen molar-refractivity contribution in [1.29, 1.82) is 0 Å². The van der Waals surface area contributed by atoms with Gasteiger partial charge in [0, 0.05) is 6.20 Å². The number of rotatable bonds is 3. The maximum atomic E-state index is 12.7. The summed E-state index contributed by atoms with van der Waals surface area (Å²) in [5, 5.41) is -1.52. The number of carbonyl (C=O) groups excluding carboxylic acids is 1. The summed E-state index contributed by atoms with van der Waals surface area (Å²) in [5.41, 5.74) is -4.96. The van der Waals surface area contributed by atoms with Crippen molar-refractivity contribution in [2.75, 3.05) is 0 Å². The lowest BCUT2D eigenvalue weighted by Crippen LogP contribution is -2.17. The summed E-state index contributed by atoms with van der Waals surface area (Å²) < 4.78 is 63.6. The van der Waals surface area contributed by atoms with Crippen LogP contribution in [0.4, 0.5) is 22.0 Å². The molecule has 0 saturated carbocycles. The van der Waals surface area contributed by atoms with Crippen LogP contribution in [0.25, 0.3) is 0 Å². The molecule has 0 aliphatic heterocycles. The predicted octanol–water partition coefficient (Wildman–Crippen LogP) is 4.16. The molecule has 2 nitrogen and oxygen atoms in total. The van der Waals surface area contributed by atoms with Gasteiger partial charge >= 0.3 is 6.18 Å². The van der Waals surface area contributed by atoms with E-state index in [4.69, 9.17) is 23.2 Å². The molecule has 0 radical (unpaired) electrons. The lowest BCUT2D eigenvalue weighted by atomic mass is 10.0. The molecule has 1 rings (SSSR count). The minimum atomic E-state index is -5.16. The first kappa shape index (κ1) is 15.1. The van der Waals surface area contributed by atoms with Crippen molar-refractivity contribution in [1.82, 2.24) is 4.98 Å². The van der Waals surface area contributed by atoms with Crippen LogP contribution in [0.2, 0.25) is 0 Å². The summed E-state index contributed by atoms with van der Waals surface area (Å²) >= 11 is 10.2. The third-order valence-corrected chi connectivity index (χ3v) is 2.50. The smallest absolute Gasteiger partial charge is 0.276 e. The molecule has 9 heteroatoms. The molecular weight excluding hydrogens is 304 g/mol. The van der Waals surface area contributed by atoms with E-state index in [9.17, 15) is 26.7 Å². The third-order valence-electron chi connectivity index (χ3n) is 2.04. The Kier molecular flexibility index (Phi) is 4.50. The van der Waals surface area contributed by atoms with Crippen molar-refractivity contribution in [3.8, 4) is 0 Å². The Morgan fingerprint density at radius 3 is 2.28 bits per heavy atom. The van der Waals surface area contributed by atoms with E-state index in [1.807, 2.05) is 0 Å². The van der Waals surface area contributed by atoms with Crippen LogP contribution in [0, 0.1) is 0 Å². The Bertz CT molecular complexity index is 475. The summed E-state index contributed by atoms with van der Waals surface area (Å²) in [4.78, 5) is 14.1. The average molecular weight is 308 g/mol. The highest BCUT2D eigenvalue weighted by molar-refractivity contribution is 6.67. The van der Waals surface area contributed by atoms with Gasteiger partial charge in [-0.25, -0.2) is 8.78 Å². The van der Waals surface area contributed by atoms with E-state index in [2.05, 4.69) is 4.98 Å². The minimum absolute atomic E-state index is 0.488. The summed E-state index contributed by atoms with van der Waals surface area (Å²) in [5.74, 6) is -0.639. The zero-order valence-electron chi connectivity index (χ0n) is 8.36. The molecule has 0 amide bonds. The number of alkyl halides is 6. The van der Waals surface area contributed by atoms with E-state index in [1.165, 1.54) is 0 Å². The van der Waals surface area contributed by atoms with Crippen molar-refractivity contribution >= 4 is 28.4 Å². The molecule has 1 heterocycles. The predicted molar refractivity (Wildman–Crippen MR) is 53.9 cm³/mol. The first-order chi connectivity index (χ1) is 8.20. The van der Waals surface area contributed by atoms with Crippen molar-refractivity contribution in [3.05, 3.63) is 28.6 Å². The van der Waals surface area contributed by atoms with E-state index >= 15 is 0 Å². The van der Waals surface area contributed by atoms with Gasteiger partial charge in [0.15, 0.2) is 0 Å². The van der Waals surface area contributed by atoms with E-state index in [0.717, 1.165) is 0 Å². The van der Waals surface area contributed by atoms with Gasteiger partial charge in [-0.1, -0.05) is 0 Å². The molecule has 0 aromatic carbocycles. The standard InChI is InChI=1S/C9H4Cl2F5NO/c10-1-4-5(8(12)13)6(9(14,15)16)3(2-17-4)7(11)18/h2,8H,1H2. The normalized spacial score (nSPS) is 12.0. The number of carbonyl (C=O) groups is 1. The van der Waals surface area contributed by atoms with Crippen LogP contribution in [0.5, 0.6) is 0 Å². The Labute approximate surface area is 108 Å². The zero-order chi connectivity index (χ0) is 14.1. The molecule has 0 fully saturated rings. The van der Waals surface area contributed by atoms with Crippen molar-refractivity contribution in [2.45, 2.75) is 18.5 Å². The topological polar surface area (TPSA) is 30.0 Å². The fourth-order valence-electron chi connectivity index (χ4n) is 1.36. The second-order valence-corrected chi connectivity index (χ2v) is 3.72. The lowest BCUT2D eigenvalue weighted by Gasteiger charge is -2.17. The van der Waals surface area contributed by atoms with Gasteiger partial charge in [-0.2, -0.15) is 13.2 Å². The van der Waals surface area contributed by atoms with Gasteiger partial charge in [0.2, 0.25) is 0 Å². The molecule has 0 bridgehead atoms. The van der Waals surface area contributed by atoms with Gasteiger partial charge in [0.25, 0.3) is 11.7 Å². The third kappa shape index (κ3) is 2.89. The molecule has 0 unspecified atom stereocenters. The minimum Gasteiger partial charge on any atom is -0.276 e. The molecule has 1 aromatic rings. The quantitative estimate of drug-likeness (QED) is 0.477. The van der Waals surface area contributed by atoms with Crippen LogP contribution in [0.1, 0.15) is 33.6 Å². The largest absolute Gasteiger partial charge is 0.417 e. The monoisotopic (exact) mass is 307 g/mol. The molecule has 1 aromatic heterocycles. The molecular formula is C9H4Cl2F5NO. The van der Waals surface area contributed by atoms with E-state index in [1.54, 1.807) is 0 Å². The number of hydrogen-bond acceptors (Lipinski definition) is 2. The maximum Gasteiger partial charge on any atom is 0.417 e. The molecule has 0 spiro atoms. The van der Waals surface area contributed by atoms with E-state index < -0.39 is 46.1 Å². The zero-order valence-corrected chi connectivity index (χ0v) is 9.87. The van der Waals surface area contributed by atoms with Crippen LogP contribution >= 0.6 is 23.2 Å². The summed E-state index contributed by atoms with van der Waals surface area (Å²) in [6.45, 7) is 0. The SMILES string of the molecule is O=C(Cl)c1cnc(CCl)c(C(F)F)c1C(F)(F)F. The average Bonchev–Trinajstić information content (AvgIpc) is 2.25. The summed E-state index contributed by atoms with van der Waals surface area (Å²) in [6, 6.07) is 0. The number of hydrogen-bond donors (Lipinski definition) is 0. The fraction of sp³-hybridized carbons (Fsp3) is 0.333. The number of halogens is 7. The molecule has 0 saturated heterocycles. The lowest BCUT2D eigenvalue weighted by molar-refractivity contribution is -0.140. The van der Waals surface area contributed by atoms with Crippen LogP contribution in [0.3, 0.4) is 0 Å². The van der Waals surface area contributed by atoms with Gasteiger partial charge in [0.05, 0.1) is 28.3 Å². The second-order valence-electron chi connectivity index (χ2n) is 3.11. The van der Waals surface area contributed by atoms with Gasteiger partial charge in [-0.3, -0.25) is 9.78 Å². The second kappa shape index (κ2) is 5.36. The number of pyridine rings is 1. The highest BCUT2D eigenvalue weighted by atomic mass is 35.5. The van der Waals surface area contributed by atoms with Crippen molar-refractivity contribution < 1.29 is 26.7 Å². The molecule has 18 heavy (non-hydrogen) atoms. The van der Waals surface area contributed by atoms with Gasteiger partial charge in [0.1, 0.15) is 0 Å². The first-order valence-corrected chi connectivity index (χ1v) is 5.24. The highest BCUT2D eigenvalue weighted by Gasteiger charge is 2.41. The van der Waals surface area contributed by atoms with E-state index in [-0.39, 0.29) is 0 Å². The van der Waals surface area contributed by atoms with Gasteiger partial charge in [-0.15, -0.1) is 11.6 Å². The Morgan fingerprint density at radius 1 is 1.39 bits per heavy atom. The molecule has 0 N–H and O–H groups in total. The van der Waals surface area contributed by atoms with Gasteiger partial charge < -0.3 is 0 Å². The molecule has 0 aliphatic rings. The molecule has 0 atom stereocenters. The molecule has 0 aliphatic carbocycles. The number of aromatic nitrogens is 1. The summed E-state index contributed by atoms with van der Waals surface area (Å²) in [6.07, 6.45) is -8.14. The Morgan fingerprint density at radius 2 is 1.94 bits per heavy atom. The maximum absolute atomic E-state index is 12.7. The number of nitrogens with zero attached hydrogens (tertiary/aromatic N) is 1.